The summed E-state index contributed by atoms with van der Waals surface area (Å²) >= 11 is 0. The summed E-state index contributed by atoms with van der Waals surface area (Å²) in [7, 11) is 0. The van der Waals surface area contributed by atoms with E-state index in [9.17, 15) is 4.39 Å². The molecule has 0 aliphatic rings. The fourth-order valence-corrected chi connectivity index (χ4v) is 0.665. The molecule has 1 aromatic carbocycles. The lowest BCUT2D eigenvalue weighted by Crippen LogP contribution is -1.78. The van der Waals surface area contributed by atoms with Gasteiger partial charge in [0, 0.05) is 11.6 Å². The minimum absolute atomic E-state index is 0.0605. The fourth-order valence-electron chi connectivity index (χ4n) is 0.665. The predicted octanol–water partition coefficient (Wildman–Crippen LogP) is 2.59. The Kier molecular flexibility index (Phi) is 4.84. The van der Waals surface area contributed by atoms with Gasteiger partial charge in [0.2, 0.25) is 0 Å². The van der Waals surface area contributed by atoms with Gasteiger partial charge in [-0.1, -0.05) is 13.8 Å². The molecular weight excluding hydrogens is 159 g/mol. The summed E-state index contributed by atoms with van der Waals surface area (Å²) < 4.78 is 11.9. The van der Waals surface area contributed by atoms with E-state index in [1.165, 1.54) is 12.1 Å². The molecule has 3 heteroatoms. The normalized spacial score (nSPS) is 8.58. The smallest absolute Gasteiger partial charge is 0.125 e. The van der Waals surface area contributed by atoms with E-state index in [4.69, 9.17) is 10.2 Å². The van der Waals surface area contributed by atoms with Crippen LogP contribution >= 0.6 is 0 Å². The van der Waals surface area contributed by atoms with Crippen LogP contribution in [0.1, 0.15) is 19.4 Å². The summed E-state index contributed by atoms with van der Waals surface area (Å²) in [5.41, 5.74) is 0.192. The molecule has 0 atom stereocenters. The van der Waals surface area contributed by atoms with Gasteiger partial charge in [0.25, 0.3) is 0 Å². The molecular formula is C9H13FO2. The molecule has 0 heterocycles. The molecule has 0 spiro atoms. The maximum absolute atomic E-state index is 11.9. The number of alkyl halides is 1. The van der Waals surface area contributed by atoms with Gasteiger partial charge in [0.1, 0.15) is 18.2 Å². The van der Waals surface area contributed by atoms with Crippen molar-refractivity contribution < 1.29 is 14.6 Å². The summed E-state index contributed by atoms with van der Waals surface area (Å²) in [4.78, 5) is 0. The first kappa shape index (κ1) is 10.8. The maximum atomic E-state index is 11.9. The minimum Gasteiger partial charge on any atom is -0.508 e. The predicted molar refractivity (Wildman–Crippen MR) is 45.9 cm³/mol. The van der Waals surface area contributed by atoms with Crippen LogP contribution in [0.25, 0.3) is 0 Å². The van der Waals surface area contributed by atoms with Crippen molar-refractivity contribution in [3.8, 4) is 11.5 Å². The van der Waals surface area contributed by atoms with E-state index in [2.05, 4.69) is 0 Å². The lowest BCUT2D eigenvalue weighted by atomic mass is 10.2. The lowest BCUT2D eigenvalue weighted by molar-refractivity contribution is 0.423. The molecule has 0 unspecified atom stereocenters. The Bertz CT molecular complexity index is 236. The van der Waals surface area contributed by atoms with Crippen molar-refractivity contribution in [1.29, 1.82) is 0 Å². The second-order valence-electron chi connectivity index (χ2n) is 1.95. The van der Waals surface area contributed by atoms with Crippen LogP contribution in [0, 0.1) is 0 Å². The van der Waals surface area contributed by atoms with Gasteiger partial charge in [-0.2, -0.15) is 0 Å². The number of hydrogen-bond acceptors (Lipinski definition) is 2. The molecule has 2 nitrogen and oxygen atoms in total. The second kappa shape index (κ2) is 5.41. The molecule has 1 rings (SSSR count). The molecule has 12 heavy (non-hydrogen) atoms. The number of phenolic OH excluding ortho intramolecular Hbond substituents is 2. The van der Waals surface area contributed by atoms with Gasteiger partial charge in [-0.05, 0) is 12.1 Å². The number of benzene rings is 1. The van der Waals surface area contributed by atoms with E-state index < -0.39 is 6.67 Å². The number of rotatable bonds is 1. The van der Waals surface area contributed by atoms with Crippen LogP contribution < -0.4 is 0 Å². The molecule has 0 fully saturated rings. The quantitative estimate of drug-likeness (QED) is 0.683. The third-order valence-electron chi connectivity index (χ3n) is 1.21. The first-order chi connectivity index (χ1) is 5.74. The SMILES string of the molecule is CC.Oc1ccc(CF)c(O)c1. The van der Waals surface area contributed by atoms with Gasteiger partial charge in [0.15, 0.2) is 0 Å². The largest absolute Gasteiger partial charge is 0.508 e. The van der Waals surface area contributed by atoms with Gasteiger partial charge in [0.05, 0.1) is 0 Å². The second-order valence-corrected chi connectivity index (χ2v) is 1.95. The number of hydrogen-bond donors (Lipinski definition) is 2. The average molecular weight is 172 g/mol. The Balaban J connectivity index is 0.000000561. The molecule has 2 N–H and O–H groups in total. The Hall–Kier alpha value is -1.25. The Morgan fingerprint density at radius 2 is 1.83 bits per heavy atom. The molecule has 0 aromatic heterocycles. The molecule has 0 bridgehead atoms. The average Bonchev–Trinajstić information content (AvgIpc) is 2.08. The Labute approximate surface area is 71.3 Å². The summed E-state index contributed by atoms with van der Waals surface area (Å²) in [5, 5.41) is 17.6. The highest BCUT2D eigenvalue weighted by molar-refractivity contribution is 5.38. The van der Waals surface area contributed by atoms with Gasteiger partial charge < -0.3 is 10.2 Å². The highest BCUT2D eigenvalue weighted by Gasteiger charge is 1.99. The zero-order valence-corrected chi connectivity index (χ0v) is 7.21. The molecule has 0 radical (unpaired) electrons. The molecule has 1 aromatic rings. The standard InChI is InChI=1S/C7H7FO2.C2H6/c8-4-5-1-2-6(9)3-7(5)10;1-2/h1-3,9-10H,4H2;1-2H3. The van der Waals surface area contributed by atoms with E-state index in [0.717, 1.165) is 6.07 Å². The van der Waals surface area contributed by atoms with Crippen molar-refractivity contribution in [2.24, 2.45) is 0 Å². The topological polar surface area (TPSA) is 40.5 Å². The van der Waals surface area contributed by atoms with Crippen LogP contribution in [0.2, 0.25) is 0 Å². The number of aromatic hydroxyl groups is 2. The van der Waals surface area contributed by atoms with Crippen molar-refractivity contribution in [2.75, 3.05) is 0 Å². The molecule has 0 aliphatic carbocycles. The summed E-state index contributed by atoms with van der Waals surface area (Å²) in [5.74, 6) is -0.266. The van der Waals surface area contributed by atoms with E-state index in [1.54, 1.807) is 0 Å². The summed E-state index contributed by atoms with van der Waals surface area (Å²) in [6.07, 6.45) is 0. The minimum atomic E-state index is -0.716. The van der Waals surface area contributed by atoms with Crippen LogP contribution in [0.15, 0.2) is 18.2 Å². The lowest BCUT2D eigenvalue weighted by Gasteiger charge is -1.98. The van der Waals surface area contributed by atoms with Crippen molar-refractivity contribution >= 4 is 0 Å². The zero-order chi connectivity index (χ0) is 9.56. The van der Waals surface area contributed by atoms with Crippen LogP contribution in [-0.4, -0.2) is 10.2 Å². The van der Waals surface area contributed by atoms with Crippen LogP contribution in [0.4, 0.5) is 4.39 Å². The van der Waals surface area contributed by atoms with Gasteiger partial charge >= 0.3 is 0 Å². The van der Waals surface area contributed by atoms with Crippen LogP contribution in [0.5, 0.6) is 11.5 Å². The van der Waals surface area contributed by atoms with Crippen molar-refractivity contribution in [3.05, 3.63) is 23.8 Å². The van der Waals surface area contributed by atoms with E-state index in [0.29, 0.717) is 0 Å². The monoisotopic (exact) mass is 172 g/mol. The highest BCUT2D eigenvalue weighted by atomic mass is 19.1. The molecule has 68 valence electrons. The molecule has 0 amide bonds. The van der Waals surface area contributed by atoms with Crippen molar-refractivity contribution in [3.63, 3.8) is 0 Å². The Morgan fingerprint density at radius 3 is 2.25 bits per heavy atom. The first-order valence-corrected chi connectivity index (χ1v) is 3.81. The summed E-state index contributed by atoms with van der Waals surface area (Å²) in [6, 6.07) is 3.77. The van der Waals surface area contributed by atoms with E-state index in [1.807, 2.05) is 13.8 Å². The van der Waals surface area contributed by atoms with Crippen LogP contribution in [-0.2, 0) is 6.67 Å². The molecule has 0 saturated heterocycles. The third kappa shape index (κ3) is 2.78. The van der Waals surface area contributed by atoms with Crippen molar-refractivity contribution in [1.82, 2.24) is 0 Å². The van der Waals surface area contributed by atoms with Crippen molar-refractivity contribution in [2.45, 2.75) is 20.5 Å². The van der Waals surface area contributed by atoms with Gasteiger partial charge in [-0.15, -0.1) is 0 Å². The molecule has 0 saturated carbocycles. The Morgan fingerprint density at radius 1 is 1.25 bits per heavy atom. The number of phenols is 2. The maximum Gasteiger partial charge on any atom is 0.125 e. The highest BCUT2D eigenvalue weighted by Crippen LogP contribution is 2.22. The summed E-state index contributed by atoms with van der Waals surface area (Å²) in [6.45, 7) is 3.28. The fraction of sp³-hybridized carbons (Fsp3) is 0.333. The van der Waals surface area contributed by atoms with E-state index in [-0.39, 0.29) is 17.1 Å². The van der Waals surface area contributed by atoms with Gasteiger partial charge in [-0.25, -0.2) is 4.39 Å². The first-order valence-electron chi connectivity index (χ1n) is 3.81. The van der Waals surface area contributed by atoms with E-state index >= 15 is 0 Å². The number of halogens is 1. The molecule has 0 aliphatic heterocycles. The zero-order valence-electron chi connectivity index (χ0n) is 7.21. The third-order valence-corrected chi connectivity index (χ3v) is 1.21. The van der Waals surface area contributed by atoms with Gasteiger partial charge in [-0.3, -0.25) is 0 Å². The van der Waals surface area contributed by atoms with Crippen LogP contribution in [0.3, 0.4) is 0 Å².